The molecule has 0 heterocycles. The van der Waals surface area contributed by atoms with Gasteiger partial charge in [-0.15, -0.1) is 0 Å². The lowest BCUT2D eigenvalue weighted by atomic mass is 10.0. The summed E-state index contributed by atoms with van der Waals surface area (Å²) in [6.07, 6.45) is 8.74. The molecule has 5 nitrogen and oxygen atoms in total. The minimum atomic E-state index is -3.55. The predicted octanol–water partition coefficient (Wildman–Crippen LogP) is 3.95. The smallest absolute Gasteiger partial charge is 0.240 e. The highest BCUT2D eigenvalue weighted by atomic mass is 32.2. The van der Waals surface area contributed by atoms with Crippen molar-refractivity contribution in [2.45, 2.75) is 64.5 Å². The average molecular weight is 427 g/mol. The Hall–Kier alpha value is -1.21. The molecule has 0 atom stereocenters. The standard InChI is InChI=1S/C21H34N2O3S2/c1-16-13-17(2)21(18(3)14-16)23(28(4,25)26)15-20(24)22-11-8-12-27-19-9-6-5-7-10-19/h13-14,19H,5-12,15H2,1-4H3,(H,22,24). The van der Waals surface area contributed by atoms with Crippen LogP contribution in [0.25, 0.3) is 0 Å². The van der Waals surface area contributed by atoms with Gasteiger partial charge in [-0.05, 0) is 56.9 Å². The van der Waals surface area contributed by atoms with Crippen LogP contribution in [0, 0.1) is 20.8 Å². The number of nitrogens with one attached hydrogen (secondary N) is 1. The van der Waals surface area contributed by atoms with Gasteiger partial charge in [0, 0.05) is 11.8 Å². The summed E-state index contributed by atoms with van der Waals surface area (Å²) in [7, 11) is -3.55. The van der Waals surface area contributed by atoms with Crippen molar-refractivity contribution in [2.24, 2.45) is 0 Å². The molecule has 1 saturated carbocycles. The van der Waals surface area contributed by atoms with Gasteiger partial charge in [-0.2, -0.15) is 11.8 Å². The second-order valence-corrected chi connectivity index (χ2v) is 11.2. The van der Waals surface area contributed by atoms with Crippen molar-refractivity contribution in [3.05, 3.63) is 28.8 Å². The first-order valence-corrected chi connectivity index (χ1v) is 13.0. The van der Waals surface area contributed by atoms with Crippen LogP contribution >= 0.6 is 11.8 Å². The Balaban J connectivity index is 1.88. The van der Waals surface area contributed by atoms with Crippen molar-refractivity contribution >= 4 is 33.4 Å². The zero-order valence-corrected chi connectivity index (χ0v) is 19.2. The number of anilines is 1. The van der Waals surface area contributed by atoms with Gasteiger partial charge in [-0.25, -0.2) is 8.42 Å². The van der Waals surface area contributed by atoms with Crippen molar-refractivity contribution in [3.63, 3.8) is 0 Å². The molecule has 7 heteroatoms. The summed E-state index contributed by atoms with van der Waals surface area (Å²) >= 11 is 2.01. The quantitative estimate of drug-likeness (QED) is 0.607. The third-order valence-corrected chi connectivity index (χ3v) is 7.70. The van der Waals surface area contributed by atoms with E-state index in [-0.39, 0.29) is 12.5 Å². The van der Waals surface area contributed by atoms with Gasteiger partial charge in [0.25, 0.3) is 0 Å². The van der Waals surface area contributed by atoms with Crippen LogP contribution in [0.2, 0.25) is 0 Å². The number of hydrogen-bond donors (Lipinski definition) is 1. The Bertz CT molecular complexity index is 749. The van der Waals surface area contributed by atoms with Crippen LogP contribution in [0.3, 0.4) is 0 Å². The molecule has 1 aromatic rings. The SMILES string of the molecule is Cc1cc(C)c(N(CC(=O)NCCCSC2CCCCC2)S(C)(=O)=O)c(C)c1. The number of sulfonamides is 1. The summed E-state index contributed by atoms with van der Waals surface area (Å²) in [5.41, 5.74) is 3.41. The molecule has 1 fully saturated rings. The molecule has 0 saturated heterocycles. The summed E-state index contributed by atoms with van der Waals surface area (Å²) in [5.74, 6) is 0.782. The molecule has 1 aliphatic rings. The molecular weight excluding hydrogens is 392 g/mol. The van der Waals surface area contributed by atoms with Gasteiger partial charge >= 0.3 is 0 Å². The van der Waals surface area contributed by atoms with Crippen LogP contribution in [0.4, 0.5) is 5.69 Å². The van der Waals surface area contributed by atoms with Crippen LogP contribution in [0.1, 0.15) is 55.2 Å². The monoisotopic (exact) mass is 426 g/mol. The Labute approximate surface area is 174 Å². The van der Waals surface area contributed by atoms with Crippen molar-refractivity contribution in [2.75, 3.05) is 29.4 Å². The second kappa shape index (κ2) is 10.5. The molecule has 0 spiro atoms. The molecule has 1 aromatic carbocycles. The lowest BCUT2D eigenvalue weighted by Crippen LogP contribution is -2.41. The average Bonchev–Trinajstić information content (AvgIpc) is 2.60. The maximum atomic E-state index is 12.4. The van der Waals surface area contributed by atoms with Crippen LogP contribution in [0.5, 0.6) is 0 Å². The zero-order valence-electron chi connectivity index (χ0n) is 17.6. The van der Waals surface area contributed by atoms with Crippen molar-refractivity contribution in [3.8, 4) is 0 Å². The van der Waals surface area contributed by atoms with E-state index in [0.29, 0.717) is 12.2 Å². The number of rotatable bonds is 9. The molecule has 0 unspecified atom stereocenters. The van der Waals surface area contributed by atoms with E-state index < -0.39 is 10.0 Å². The van der Waals surface area contributed by atoms with Gasteiger partial charge in [0.15, 0.2) is 0 Å². The highest BCUT2D eigenvalue weighted by molar-refractivity contribution is 7.99. The van der Waals surface area contributed by atoms with Crippen LogP contribution < -0.4 is 9.62 Å². The van der Waals surface area contributed by atoms with Gasteiger partial charge in [0.1, 0.15) is 6.54 Å². The fourth-order valence-corrected chi connectivity index (χ4v) is 6.18. The number of hydrogen-bond acceptors (Lipinski definition) is 4. The van der Waals surface area contributed by atoms with Crippen LogP contribution in [0.15, 0.2) is 12.1 Å². The summed E-state index contributed by atoms with van der Waals surface area (Å²) in [4.78, 5) is 12.4. The Morgan fingerprint density at radius 1 is 1.14 bits per heavy atom. The Kier molecular flexibility index (Phi) is 8.68. The maximum Gasteiger partial charge on any atom is 0.240 e. The van der Waals surface area contributed by atoms with Gasteiger partial charge in [0.05, 0.1) is 11.9 Å². The lowest BCUT2D eigenvalue weighted by molar-refractivity contribution is -0.119. The summed E-state index contributed by atoms with van der Waals surface area (Å²) in [6, 6.07) is 3.89. The molecule has 0 radical (unpaired) electrons. The van der Waals surface area contributed by atoms with E-state index in [4.69, 9.17) is 0 Å². The van der Waals surface area contributed by atoms with E-state index in [0.717, 1.165) is 40.4 Å². The summed E-state index contributed by atoms with van der Waals surface area (Å²) < 4.78 is 25.9. The molecule has 0 aliphatic heterocycles. The second-order valence-electron chi connectivity index (χ2n) is 7.85. The maximum absolute atomic E-state index is 12.4. The Morgan fingerprint density at radius 3 is 2.32 bits per heavy atom. The normalized spacial score (nSPS) is 15.4. The molecule has 0 bridgehead atoms. The Morgan fingerprint density at radius 2 is 1.75 bits per heavy atom. The fourth-order valence-electron chi connectivity index (χ4n) is 3.90. The van der Waals surface area contributed by atoms with Crippen LogP contribution in [-0.2, 0) is 14.8 Å². The van der Waals surface area contributed by atoms with E-state index in [1.54, 1.807) is 0 Å². The highest BCUT2D eigenvalue weighted by Crippen LogP contribution is 2.29. The number of nitrogens with zero attached hydrogens (tertiary/aromatic N) is 1. The van der Waals surface area contributed by atoms with Crippen molar-refractivity contribution < 1.29 is 13.2 Å². The third kappa shape index (κ3) is 6.99. The van der Waals surface area contributed by atoms with Crippen molar-refractivity contribution in [1.29, 1.82) is 0 Å². The van der Waals surface area contributed by atoms with E-state index in [2.05, 4.69) is 5.32 Å². The number of carbonyl (C=O) groups is 1. The molecule has 28 heavy (non-hydrogen) atoms. The number of carbonyl (C=O) groups excluding carboxylic acids is 1. The molecule has 0 aromatic heterocycles. The first-order chi connectivity index (χ1) is 13.2. The first-order valence-electron chi connectivity index (χ1n) is 10.1. The number of aryl methyl sites for hydroxylation is 3. The fraction of sp³-hybridized carbons (Fsp3) is 0.667. The van der Waals surface area contributed by atoms with E-state index >= 15 is 0 Å². The van der Waals surface area contributed by atoms with E-state index in [1.807, 2.05) is 44.7 Å². The van der Waals surface area contributed by atoms with E-state index in [1.165, 1.54) is 36.4 Å². The largest absolute Gasteiger partial charge is 0.354 e. The minimum absolute atomic E-state index is 0.181. The lowest BCUT2D eigenvalue weighted by Gasteiger charge is -2.26. The molecule has 1 N–H and O–H groups in total. The first kappa shape index (κ1) is 23.1. The van der Waals surface area contributed by atoms with Crippen LogP contribution in [-0.4, -0.2) is 44.7 Å². The highest BCUT2D eigenvalue weighted by Gasteiger charge is 2.24. The predicted molar refractivity (Wildman–Crippen MR) is 120 cm³/mol. The number of thioether (sulfide) groups is 1. The van der Waals surface area contributed by atoms with Gasteiger partial charge < -0.3 is 5.32 Å². The number of amides is 1. The number of benzene rings is 1. The summed E-state index contributed by atoms with van der Waals surface area (Å²) in [6.45, 7) is 6.15. The van der Waals surface area contributed by atoms with Crippen molar-refractivity contribution in [1.82, 2.24) is 5.32 Å². The third-order valence-electron chi connectivity index (χ3n) is 5.12. The molecule has 2 rings (SSSR count). The summed E-state index contributed by atoms with van der Waals surface area (Å²) in [5, 5.41) is 3.66. The molecule has 1 amide bonds. The zero-order chi connectivity index (χ0) is 20.7. The molecule has 1 aliphatic carbocycles. The van der Waals surface area contributed by atoms with Gasteiger partial charge in [-0.3, -0.25) is 9.10 Å². The molecule has 158 valence electrons. The molecular formula is C21H34N2O3S2. The van der Waals surface area contributed by atoms with Gasteiger partial charge in [0.2, 0.25) is 15.9 Å². The topological polar surface area (TPSA) is 66.5 Å². The van der Waals surface area contributed by atoms with Gasteiger partial charge in [-0.1, -0.05) is 37.0 Å². The van der Waals surface area contributed by atoms with E-state index in [9.17, 15) is 13.2 Å². The minimum Gasteiger partial charge on any atom is -0.354 e.